The van der Waals surface area contributed by atoms with E-state index in [4.69, 9.17) is 5.73 Å². The fourth-order valence-electron chi connectivity index (χ4n) is 2.35. The quantitative estimate of drug-likeness (QED) is 0.782. The van der Waals surface area contributed by atoms with E-state index in [2.05, 4.69) is 61.2 Å². The van der Waals surface area contributed by atoms with Crippen LogP contribution < -0.4 is 11.1 Å². The van der Waals surface area contributed by atoms with Crippen molar-refractivity contribution in [3.8, 4) is 0 Å². The van der Waals surface area contributed by atoms with Crippen molar-refractivity contribution in [2.45, 2.75) is 20.3 Å². The fraction of sp³-hybridized carbons (Fsp3) is 0.500. The van der Waals surface area contributed by atoms with E-state index in [-0.39, 0.29) is 5.41 Å². The van der Waals surface area contributed by atoms with Gasteiger partial charge in [0.25, 0.3) is 0 Å². The van der Waals surface area contributed by atoms with Crippen LogP contribution in [0.3, 0.4) is 0 Å². The molecule has 1 aromatic heterocycles. The number of rotatable bonds is 6. The van der Waals surface area contributed by atoms with E-state index < -0.39 is 0 Å². The minimum absolute atomic E-state index is 0.179. The molecule has 0 amide bonds. The van der Waals surface area contributed by atoms with Gasteiger partial charge in [0.05, 0.1) is 0 Å². The molecule has 3 nitrogen and oxygen atoms in total. The zero-order chi connectivity index (χ0) is 13.9. The number of aryl methyl sites for hydroxylation is 1. The van der Waals surface area contributed by atoms with Crippen molar-refractivity contribution in [1.29, 1.82) is 0 Å². The van der Waals surface area contributed by atoms with Gasteiger partial charge in [-0.15, -0.1) is 0 Å². The summed E-state index contributed by atoms with van der Waals surface area (Å²) in [5.74, 6) is 0. The molecule has 2 rings (SSSR count). The molecule has 0 saturated carbocycles. The van der Waals surface area contributed by atoms with Gasteiger partial charge < -0.3 is 15.6 Å². The molecule has 0 spiro atoms. The lowest BCUT2D eigenvalue weighted by atomic mass is 9.94. The largest absolute Gasteiger partial charge is 0.350 e. The number of benzene rings is 1. The van der Waals surface area contributed by atoms with Gasteiger partial charge in [-0.05, 0) is 36.6 Å². The van der Waals surface area contributed by atoms with Crippen LogP contribution in [0.5, 0.6) is 0 Å². The Morgan fingerprint density at radius 1 is 1.26 bits per heavy atom. The van der Waals surface area contributed by atoms with E-state index in [1.165, 1.54) is 16.5 Å². The van der Waals surface area contributed by atoms with E-state index in [0.717, 1.165) is 19.5 Å². The molecule has 0 atom stereocenters. The zero-order valence-corrected chi connectivity index (χ0v) is 12.2. The lowest BCUT2D eigenvalue weighted by Gasteiger charge is -2.22. The summed E-state index contributed by atoms with van der Waals surface area (Å²) in [7, 11) is 2.11. The van der Waals surface area contributed by atoms with E-state index >= 15 is 0 Å². The lowest BCUT2D eigenvalue weighted by Crippen LogP contribution is -2.36. The monoisotopic (exact) mass is 259 g/mol. The Hall–Kier alpha value is -1.32. The number of nitrogens with two attached hydrogens (primary N) is 1. The second-order valence-corrected chi connectivity index (χ2v) is 6.08. The maximum absolute atomic E-state index is 5.73. The highest BCUT2D eigenvalue weighted by molar-refractivity contribution is 5.83. The second kappa shape index (κ2) is 5.76. The normalized spacial score (nSPS) is 12.2. The molecule has 0 radical (unpaired) electrons. The summed E-state index contributed by atoms with van der Waals surface area (Å²) in [4.78, 5) is 0. The van der Waals surface area contributed by atoms with Gasteiger partial charge in [0.1, 0.15) is 0 Å². The summed E-state index contributed by atoms with van der Waals surface area (Å²) in [6, 6.07) is 8.57. The van der Waals surface area contributed by atoms with Crippen LogP contribution in [0.15, 0.2) is 30.5 Å². The maximum Gasteiger partial charge on any atom is 0.0480 e. The number of aromatic nitrogens is 1. The van der Waals surface area contributed by atoms with Crippen molar-refractivity contribution >= 4 is 10.9 Å². The zero-order valence-electron chi connectivity index (χ0n) is 12.2. The summed E-state index contributed by atoms with van der Waals surface area (Å²) in [5, 5.41) is 4.88. The summed E-state index contributed by atoms with van der Waals surface area (Å²) < 4.78 is 2.20. The highest BCUT2D eigenvalue weighted by atomic mass is 14.9. The number of hydrogen-bond acceptors (Lipinski definition) is 2. The van der Waals surface area contributed by atoms with Gasteiger partial charge in [0.15, 0.2) is 0 Å². The van der Waals surface area contributed by atoms with Crippen LogP contribution in [0.4, 0.5) is 0 Å². The third-order valence-electron chi connectivity index (χ3n) is 3.71. The fourth-order valence-corrected chi connectivity index (χ4v) is 2.35. The molecule has 19 heavy (non-hydrogen) atoms. The molecule has 0 aliphatic heterocycles. The van der Waals surface area contributed by atoms with Crippen LogP contribution in [0.2, 0.25) is 0 Å². The van der Waals surface area contributed by atoms with Crippen LogP contribution in [-0.4, -0.2) is 24.2 Å². The molecular formula is C16H25N3. The second-order valence-electron chi connectivity index (χ2n) is 6.08. The number of nitrogens with one attached hydrogen (secondary N) is 1. The SMILES string of the molecule is Cn1cc(CCNCC(C)(C)CN)c2ccccc21. The summed E-state index contributed by atoms with van der Waals surface area (Å²) in [5.41, 5.74) is 8.63. The molecule has 0 aliphatic rings. The van der Waals surface area contributed by atoms with E-state index in [1.54, 1.807) is 0 Å². The predicted molar refractivity (Wildman–Crippen MR) is 82.3 cm³/mol. The summed E-state index contributed by atoms with van der Waals surface area (Å²) in [6.45, 7) is 7.07. The molecule has 3 N–H and O–H groups in total. The molecule has 3 heteroatoms. The Labute approximate surface area is 115 Å². The van der Waals surface area contributed by atoms with Crippen molar-refractivity contribution in [2.24, 2.45) is 18.2 Å². The minimum Gasteiger partial charge on any atom is -0.350 e. The summed E-state index contributed by atoms with van der Waals surface area (Å²) >= 11 is 0. The van der Waals surface area contributed by atoms with Crippen LogP contribution in [0.1, 0.15) is 19.4 Å². The van der Waals surface area contributed by atoms with Gasteiger partial charge >= 0.3 is 0 Å². The molecule has 0 fully saturated rings. The highest BCUT2D eigenvalue weighted by Crippen LogP contribution is 2.20. The van der Waals surface area contributed by atoms with Crippen LogP contribution >= 0.6 is 0 Å². The third-order valence-corrected chi connectivity index (χ3v) is 3.71. The topological polar surface area (TPSA) is 43.0 Å². The van der Waals surface area contributed by atoms with Gasteiger partial charge in [-0.3, -0.25) is 0 Å². The van der Waals surface area contributed by atoms with Gasteiger partial charge in [-0.25, -0.2) is 0 Å². The molecule has 0 unspecified atom stereocenters. The Balaban J connectivity index is 1.95. The average Bonchev–Trinajstić information content (AvgIpc) is 2.72. The molecule has 1 heterocycles. The lowest BCUT2D eigenvalue weighted by molar-refractivity contribution is 0.353. The number of hydrogen-bond donors (Lipinski definition) is 2. The minimum atomic E-state index is 0.179. The van der Waals surface area contributed by atoms with Crippen LogP contribution in [0.25, 0.3) is 10.9 Å². The van der Waals surface area contributed by atoms with Crippen LogP contribution in [0, 0.1) is 5.41 Å². The van der Waals surface area contributed by atoms with Crippen molar-refractivity contribution < 1.29 is 0 Å². The van der Waals surface area contributed by atoms with Crippen LogP contribution in [-0.2, 0) is 13.5 Å². The Bertz CT molecular complexity index is 540. The molecule has 0 bridgehead atoms. The van der Waals surface area contributed by atoms with Crippen molar-refractivity contribution in [1.82, 2.24) is 9.88 Å². The predicted octanol–water partition coefficient (Wildman–Crippen LogP) is 2.30. The Kier molecular flexibility index (Phi) is 4.27. The highest BCUT2D eigenvalue weighted by Gasteiger charge is 2.14. The average molecular weight is 259 g/mol. The molecule has 1 aromatic carbocycles. The number of fused-ring (bicyclic) bond motifs is 1. The van der Waals surface area contributed by atoms with Crippen molar-refractivity contribution in [3.63, 3.8) is 0 Å². The van der Waals surface area contributed by atoms with E-state index in [1.807, 2.05) is 0 Å². The first-order valence-electron chi connectivity index (χ1n) is 6.97. The first kappa shape index (κ1) is 14.1. The van der Waals surface area contributed by atoms with Gasteiger partial charge in [0, 0.05) is 30.7 Å². The van der Waals surface area contributed by atoms with Gasteiger partial charge in [0.2, 0.25) is 0 Å². The number of para-hydroxylation sites is 1. The van der Waals surface area contributed by atoms with Gasteiger partial charge in [-0.1, -0.05) is 32.0 Å². The Morgan fingerprint density at radius 2 is 2.00 bits per heavy atom. The Morgan fingerprint density at radius 3 is 2.74 bits per heavy atom. The van der Waals surface area contributed by atoms with Crippen molar-refractivity contribution in [3.05, 3.63) is 36.0 Å². The first-order valence-corrected chi connectivity index (χ1v) is 6.97. The van der Waals surface area contributed by atoms with E-state index in [9.17, 15) is 0 Å². The summed E-state index contributed by atoms with van der Waals surface area (Å²) in [6.07, 6.45) is 3.29. The smallest absolute Gasteiger partial charge is 0.0480 e. The van der Waals surface area contributed by atoms with Crippen molar-refractivity contribution in [2.75, 3.05) is 19.6 Å². The number of nitrogens with zero attached hydrogens (tertiary/aromatic N) is 1. The first-order chi connectivity index (χ1) is 9.03. The molecule has 104 valence electrons. The standard InChI is InChI=1S/C16H25N3/c1-16(2,11-17)12-18-9-8-13-10-19(3)15-7-5-4-6-14(13)15/h4-7,10,18H,8-9,11-12,17H2,1-3H3. The molecular weight excluding hydrogens is 234 g/mol. The van der Waals surface area contributed by atoms with E-state index in [0.29, 0.717) is 6.54 Å². The molecule has 0 aliphatic carbocycles. The molecule has 0 saturated heterocycles. The van der Waals surface area contributed by atoms with Gasteiger partial charge in [-0.2, -0.15) is 0 Å². The molecule has 2 aromatic rings. The third kappa shape index (κ3) is 3.37. The maximum atomic E-state index is 5.73.